The molecule has 1 N–H and O–H groups in total. The van der Waals surface area contributed by atoms with Crippen LogP contribution < -0.4 is 10.3 Å². The van der Waals surface area contributed by atoms with Crippen molar-refractivity contribution in [2.24, 2.45) is 29.1 Å². The Balaban J connectivity index is 1.30. The molecule has 8 rings (SSSR count). The lowest BCUT2D eigenvalue weighted by Gasteiger charge is -2.56. The van der Waals surface area contributed by atoms with Crippen LogP contribution in [0.4, 0.5) is 14.6 Å². The molecule has 1 aliphatic heterocycles. The number of piperidine rings is 1. The minimum absolute atomic E-state index is 0.0410. The lowest BCUT2D eigenvalue weighted by Crippen LogP contribution is -2.47. The van der Waals surface area contributed by atoms with Crippen LogP contribution in [0, 0.1) is 40.7 Å². The Kier molecular flexibility index (Phi) is 6.72. The van der Waals surface area contributed by atoms with Crippen molar-refractivity contribution in [2.75, 3.05) is 24.6 Å². The van der Waals surface area contributed by atoms with Gasteiger partial charge < -0.3 is 10.0 Å². The first-order valence-electron chi connectivity index (χ1n) is 15.2. The first-order chi connectivity index (χ1) is 19.8. The number of nitrogens with zero attached hydrogens (tertiary/aromatic N) is 3. The quantitative estimate of drug-likeness (QED) is 0.356. The third-order valence-corrected chi connectivity index (χ3v) is 10.4. The van der Waals surface area contributed by atoms with E-state index >= 15 is 4.39 Å². The van der Waals surface area contributed by atoms with Gasteiger partial charge in [0.05, 0.1) is 16.6 Å². The normalized spacial score (nSPS) is 28.9. The van der Waals surface area contributed by atoms with E-state index in [0.717, 1.165) is 51.3 Å². The molecule has 2 aromatic heterocycles. The topological polar surface area (TPSA) is 75.4 Å². The molecular weight excluding hydrogens is 524 g/mol. The highest BCUT2D eigenvalue weighted by atomic mass is 19.1. The van der Waals surface area contributed by atoms with Crippen LogP contribution in [0.5, 0.6) is 0 Å². The van der Waals surface area contributed by atoms with Gasteiger partial charge in [-0.25, -0.2) is 13.8 Å². The summed E-state index contributed by atoms with van der Waals surface area (Å²) in [6.07, 6.45) is 11.5. The molecule has 3 aromatic rings. The van der Waals surface area contributed by atoms with Crippen LogP contribution in [-0.2, 0) is 0 Å². The summed E-state index contributed by atoms with van der Waals surface area (Å²) in [6.45, 7) is 1.65. The van der Waals surface area contributed by atoms with Crippen LogP contribution in [0.1, 0.15) is 74.6 Å². The summed E-state index contributed by atoms with van der Waals surface area (Å²) in [5.74, 6) is 1.37. The van der Waals surface area contributed by atoms with Crippen molar-refractivity contribution >= 4 is 22.6 Å². The highest BCUT2D eigenvalue weighted by molar-refractivity contribution is 5.99. The van der Waals surface area contributed by atoms with Gasteiger partial charge in [-0.15, -0.1) is 0 Å². The van der Waals surface area contributed by atoms with Gasteiger partial charge >= 0.3 is 0 Å². The van der Waals surface area contributed by atoms with Crippen molar-refractivity contribution < 1.29 is 18.7 Å². The van der Waals surface area contributed by atoms with Gasteiger partial charge in [0.1, 0.15) is 17.5 Å². The Morgan fingerprint density at radius 2 is 1.78 bits per heavy atom. The maximum atomic E-state index is 15.2. The third kappa shape index (κ3) is 4.88. The van der Waals surface area contributed by atoms with E-state index in [1.165, 1.54) is 42.2 Å². The number of aromatic nitrogens is 2. The van der Waals surface area contributed by atoms with Crippen LogP contribution in [0.2, 0.25) is 0 Å². The lowest BCUT2D eigenvalue weighted by molar-refractivity contribution is -0.0524. The maximum Gasteiger partial charge on any atom is 0.201 e. The average Bonchev–Trinajstić information content (AvgIpc) is 2.93. The van der Waals surface area contributed by atoms with Crippen molar-refractivity contribution in [3.63, 3.8) is 0 Å². The van der Waals surface area contributed by atoms with E-state index in [2.05, 4.69) is 4.90 Å². The third-order valence-electron chi connectivity index (χ3n) is 10.4. The Morgan fingerprint density at radius 3 is 2.46 bits per heavy atom. The molecule has 0 radical (unpaired) electrons. The largest absolute Gasteiger partial charge is 0.396 e. The number of carbonyl (C=O) groups excluding carboxylic acids is 1. The highest BCUT2D eigenvalue weighted by Crippen LogP contribution is 2.61. The smallest absolute Gasteiger partial charge is 0.201 e. The number of halogens is 2. The van der Waals surface area contributed by atoms with E-state index in [4.69, 9.17) is 4.98 Å². The summed E-state index contributed by atoms with van der Waals surface area (Å²) < 4.78 is 30.5. The van der Waals surface area contributed by atoms with Crippen LogP contribution in [0.25, 0.3) is 16.7 Å². The number of benzene rings is 1. The van der Waals surface area contributed by atoms with Gasteiger partial charge in [-0.05, 0) is 111 Å². The molecule has 1 aromatic carbocycles. The molecule has 216 valence electrons. The van der Waals surface area contributed by atoms with E-state index in [1.54, 1.807) is 12.1 Å². The summed E-state index contributed by atoms with van der Waals surface area (Å²) in [4.78, 5) is 34.7. The van der Waals surface area contributed by atoms with Crippen LogP contribution in [0.3, 0.4) is 0 Å². The van der Waals surface area contributed by atoms with Crippen molar-refractivity contribution in [1.29, 1.82) is 0 Å². The van der Waals surface area contributed by atoms with Gasteiger partial charge in [0.15, 0.2) is 11.4 Å². The Labute approximate surface area is 238 Å². The van der Waals surface area contributed by atoms with E-state index < -0.39 is 11.6 Å². The Hall–Kier alpha value is -3.13. The second-order valence-corrected chi connectivity index (χ2v) is 13.4. The maximum absolute atomic E-state index is 15.2. The molecule has 1 unspecified atom stereocenters. The predicted octanol–water partition coefficient (Wildman–Crippen LogP) is 6.05. The average molecular weight is 562 g/mol. The zero-order valence-electron chi connectivity index (χ0n) is 23.3. The summed E-state index contributed by atoms with van der Waals surface area (Å²) in [6, 6.07) is 6.80. The molecule has 1 saturated heterocycles. The van der Waals surface area contributed by atoms with Crippen molar-refractivity contribution in [1.82, 2.24) is 9.55 Å². The number of anilines is 1. The van der Waals surface area contributed by atoms with Crippen molar-refractivity contribution in [2.45, 2.75) is 64.2 Å². The number of aliphatic hydroxyl groups is 1. The molecule has 0 amide bonds. The Morgan fingerprint density at radius 1 is 1.05 bits per heavy atom. The molecule has 5 aliphatic rings. The van der Waals surface area contributed by atoms with Gasteiger partial charge in [-0.1, -0.05) is 0 Å². The molecule has 8 heteroatoms. The number of hydrogen-bond donors (Lipinski definition) is 1. The SMILES string of the molecule is O=C(CC12CC3CC(CC(C3)C1)C2)c1cn(-c2ccc(F)cc2F)c2nc(N3CCCC(CCO)C3)ccc2c1=O. The van der Waals surface area contributed by atoms with E-state index in [1.807, 2.05) is 0 Å². The lowest BCUT2D eigenvalue weighted by atomic mass is 9.48. The van der Waals surface area contributed by atoms with E-state index in [9.17, 15) is 19.1 Å². The molecule has 3 heterocycles. The van der Waals surface area contributed by atoms with Gasteiger partial charge in [-0.2, -0.15) is 0 Å². The zero-order valence-corrected chi connectivity index (χ0v) is 23.3. The minimum atomic E-state index is -0.789. The fraction of sp³-hybridized carbons (Fsp3) is 0.545. The van der Waals surface area contributed by atoms with E-state index in [-0.39, 0.29) is 45.5 Å². The number of hydrogen-bond acceptors (Lipinski definition) is 5. The number of carbonyl (C=O) groups is 1. The summed E-state index contributed by atoms with van der Waals surface area (Å²) in [7, 11) is 0. The first kappa shape index (κ1) is 26.7. The minimum Gasteiger partial charge on any atom is -0.396 e. The fourth-order valence-electron chi connectivity index (χ4n) is 9.06. The Bertz CT molecular complexity index is 1530. The van der Waals surface area contributed by atoms with Gasteiger partial charge in [-0.3, -0.25) is 14.2 Å². The predicted molar refractivity (Wildman–Crippen MR) is 153 cm³/mol. The van der Waals surface area contributed by atoms with Gasteiger partial charge in [0, 0.05) is 38.4 Å². The monoisotopic (exact) mass is 561 g/mol. The zero-order chi connectivity index (χ0) is 28.3. The van der Waals surface area contributed by atoms with Gasteiger partial charge in [0.2, 0.25) is 5.43 Å². The number of pyridine rings is 2. The molecule has 4 saturated carbocycles. The second kappa shape index (κ2) is 10.3. The second-order valence-electron chi connectivity index (χ2n) is 13.4. The molecule has 4 bridgehead atoms. The molecule has 6 nitrogen and oxygen atoms in total. The number of fused-ring (bicyclic) bond motifs is 1. The molecule has 4 aliphatic carbocycles. The standard InChI is InChI=1S/C33H37F2N3O3/c34-24-3-5-28(27(35)13-24)38-19-26(29(40)17-33-14-21-10-22(15-33)12-23(11-21)16-33)31(41)25-4-6-30(36-32(25)38)37-8-1-2-20(18-37)7-9-39/h3-6,13,19-23,39H,1-2,7-12,14-18H2. The van der Waals surface area contributed by atoms with Crippen LogP contribution in [-0.4, -0.2) is 40.1 Å². The fourth-order valence-corrected chi connectivity index (χ4v) is 9.06. The molecule has 41 heavy (non-hydrogen) atoms. The van der Waals surface area contributed by atoms with E-state index in [0.29, 0.717) is 42.3 Å². The van der Waals surface area contributed by atoms with Crippen molar-refractivity contribution in [3.05, 3.63) is 63.9 Å². The first-order valence-corrected chi connectivity index (χ1v) is 15.2. The number of rotatable bonds is 7. The van der Waals surface area contributed by atoms with Crippen LogP contribution in [0.15, 0.2) is 41.3 Å². The molecule has 0 spiro atoms. The van der Waals surface area contributed by atoms with Crippen LogP contribution >= 0.6 is 0 Å². The van der Waals surface area contributed by atoms with Gasteiger partial charge in [0.25, 0.3) is 0 Å². The number of Topliss-reactive ketones (excluding diaryl/α,β-unsaturated/α-hetero) is 1. The summed E-state index contributed by atoms with van der Waals surface area (Å²) in [5.41, 5.74) is -0.0899. The summed E-state index contributed by atoms with van der Waals surface area (Å²) >= 11 is 0. The molecule has 1 atom stereocenters. The molecular formula is C33H37F2N3O3. The number of ketones is 1. The number of aliphatic hydroxyl groups excluding tert-OH is 1. The summed E-state index contributed by atoms with van der Waals surface area (Å²) in [5, 5.41) is 9.68. The van der Waals surface area contributed by atoms with Crippen molar-refractivity contribution in [3.8, 4) is 5.69 Å². The highest BCUT2D eigenvalue weighted by Gasteiger charge is 2.51. The molecule has 5 fully saturated rings.